The van der Waals surface area contributed by atoms with E-state index < -0.39 is 0 Å². The van der Waals surface area contributed by atoms with Gasteiger partial charge >= 0.3 is 6.03 Å². The van der Waals surface area contributed by atoms with Gasteiger partial charge in [-0.15, -0.1) is 0 Å². The van der Waals surface area contributed by atoms with Crippen molar-refractivity contribution >= 4 is 34.9 Å². The van der Waals surface area contributed by atoms with Crippen LogP contribution < -0.4 is 16.0 Å². The number of amides is 3. The number of benzene rings is 1. The Bertz CT molecular complexity index is 742. The Morgan fingerprint density at radius 2 is 1.83 bits per heavy atom. The summed E-state index contributed by atoms with van der Waals surface area (Å²) < 4.78 is 0. The Morgan fingerprint density at radius 1 is 1.08 bits per heavy atom. The number of rotatable bonds is 3. The number of nitrogens with zero attached hydrogens (tertiary/aromatic N) is 1. The Balaban J connectivity index is 2.13. The number of hydrogen-bond acceptors (Lipinski definition) is 3. The molecule has 126 valence electrons. The Morgan fingerprint density at radius 3 is 2.46 bits per heavy atom. The minimum Gasteiger partial charge on any atom is -0.333 e. The van der Waals surface area contributed by atoms with Gasteiger partial charge in [0.15, 0.2) is 0 Å². The normalized spacial score (nSPS) is 10.8. The fourth-order valence-corrected chi connectivity index (χ4v) is 2.12. The molecule has 1 heterocycles. The Kier molecular flexibility index (Phi) is 5.41. The van der Waals surface area contributed by atoms with E-state index in [1.54, 1.807) is 30.5 Å². The van der Waals surface area contributed by atoms with E-state index in [0.29, 0.717) is 11.4 Å². The number of carbonyl (C=O) groups is 2. The molecule has 24 heavy (non-hydrogen) atoms. The molecule has 0 atom stereocenters. The van der Waals surface area contributed by atoms with E-state index in [2.05, 4.69) is 20.9 Å². The fourth-order valence-electron chi connectivity index (χ4n) is 1.92. The molecule has 0 spiro atoms. The summed E-state index contributed by atoms with van der Waals surface area (Å²) in [5, 5.41) is 8.46. The molecule has 2 aromatic rings. The third-order valence-corrected chi connectivity index (χ3v) is 3.21. The van der Waals surface area contributed by atoms with E-state index >= 15 is 0 Å². The van der Waals surface area contributed by atoms with Crippen molar-refractivity contribution in [1.29, 1.82) is 0 Å². The number of hydrogen-bond donors (Lipinski definition) is 3. The van der Waals surface area contributed by atoms with Gasteiger partial charge in [0.1, 0.15) is 0 Å². The van der Waals surface area contributed by atoms with Crippen LogP contribution in [-0.4, -0.2) is 22.5 Å². The second-order valence-corrected chi connectivity index (χ2v) is 6.63. The van der Waals surface area contributed by atoms with Crippen LogP contribution in [0.1, 0.15) is 31.1 Å². The zero-order valence-corrected chi connectivity index (χ0v) is 14.4. The highest BCUT2D eigenvalue weighted by Gasteiger charge is 2.16. The van der Waals surface area contributed by atoms with Gasteiger partial charge in [0.25, 0.3) is 5.91 Å². The summed E-state index contributed by atoms with van der Waals surface area (Å²) in [7, 11) is 0. The number of pyridine rings is 1. The van der Waals surface area contributed by atoms with Crippen LogP contribution in [0.4, 0.5) is 16.2 Å². The minimum absolute atomic E-state index is 0.258. The van der Waals surface area contributed by atoms with Gasteiger partial charge in [0.2, 0.25) is 0 Å². The molecule has 7 heteroatoms. The van der Waals surface area contributed by atoms with Gasteiger partial charge in [-0.25, -0.2) is 4.79 Å². The highest BCUT2D eigenvalue weighted by molar-refractivity contribution is 6.34. The first-order valence-corrected chi connectivity index (χ1v) is 7.72. The van der Waals surface area contributed by atoms with Crippen molar-refractivity contribution in [3.05, 3.63) is 53.3 Å². The highest BCUT2D eigenvalue weighted by atomic mass is 35.5. The van der Waals surface area contributed by atoms with E-state index in [1.165, 1.54) is 12.3 Å². The lowest BCUT2D eigenvalue weighted by molar-refractivity contribution is 0.102. The predicted molar refractivity (Wildman–Crippen MR) is 95.5 cm³/mol. The summed E-state index contributed by atoms with van der Waals surface area (Å²) in [5.74, 6) is -0.382. The summed E-state index contributed by atoms with van der Waals surface area (Å²) in [6.07, 6.45) is 3.14. The number of anilines is 2. The Labute approximate surface area is 145 Å². The molecule has 0 aliphatic carbocycles. The van der Waals surface area contributed by atoms with E-state index in [-0.39, 0.29) is 28.1 Å². The molecule has 2 rings (SSSR count). The summed E-state index contributed by atoms with van der Waals surface area (Å²) >= 11 is 6.10. The van der Waals surface area contributed by atoms with Crippen LogP contribution in [0.5, 0.6) is 0 Å². The number of nitrogens with one attached hydrogen (secondary N) is 3. The molecular weight excluding hydrogens is 328 g/mol. The van der Waals surface area contributed by atoms with Crippen LogP contribution in [0.2, 0.25) is 5.02 Å². The monoisotopic (exact) mass is 346 g/mol. The highest BCUT2D eigenvalue weighted by Crippen LogP contribution is 2.22. The van der Waals surface area contributed by atoms with Gasteiger partial charge in [-0.3, -0.25) is 9.78 Å². The summed E-state index contributed by atoms with van der Waals surface area (Å²) in [6.45, 7) is 5.63. The van der Waals surface area contributed by atoms with Gasteiger partial charge in [0.05, 0.1) is 22.5 Å². The zero-order valence-electron chi connectivity index (χ0n) is 13.7. The molecule has 0 saturated heterocycles. The van der Waals surface area contributed by atoms with Crippen molar-refractivity contribution in [3.63, 3.8) is 0 Å². The van der Waals surface area contributed by atoms with Crippen LogP contribution in [0, 0.1) is 0 Å². The largest absolute Gasteiger partial charge is 0.333 e. The van der Waals surface area contributed by atoms with Gasteiger partial charge < -0.3 is 16.0 Å². The van der Waals surface area contributed by atoms with Gasteiger partial charge in [0, 0.05) is 17.4 Å². The standard InChI is InChI=1S/C17H19ClN4O2/c1-17(2,3)22-16(24)21-11-6-7-14(18)13(9-11)15(23)20-12-5-4-8-19-10-12/h4-10H,1-3H3,(H,20,23)(H2,21,22,24). The molecule has 6 nitrogen and oxygen atoms in total. The Hall–Kier alpha value is -2.60. The fraction of sp³-hybridized carbons (Fsp3) is 0.235. The molecule has 0 aliphatic heterocycles. The molecule has 0 aliphatic rings. The molecule has 0 bridgehead atoms. The average molecular weight is 347 g/mol. The lowest BCUT2D eigenvalue weighted by Gasteiger charge is -2.21. The first-order valence-electron chi connectivity index (χ1n) is 7.35. The molecule has 1 aromatic carbocycles. The maximum Gasteiger partial charge on any atom is 0.319 e. The van der Waals surface area contributed by atoms with Crippen LogP contribution in [0.25, 0.3) is 0 Å². The van der Waals surface area contributed by atoms with Crippen molar-refractivity contribution in [3.8, 4) is 0 Å². The van der Waals surface area contributed by atoms with Crippen LogP contribution >= 0.6 is 11.6 Å². The SMILES string of the molecule is CC(C)(C)NC(=O)Nc1ccc(Cl)c(C(=O)Nc2cccnc2)c1. The third kappa shape index (κ3) is 5.24. The van der Waals surface area contributed by atoms with Crippen LogP contribution in [-0.2, 0) is 0 Å². The topological polar surface area (TPSA) is 83.1 Å². The van der Waals surface area contributed by atoms with E-state index in [0.717, 1.165) is 0 Å². The molecule has 0 radical (unpaired) electrons. The third-order valence-electron chi connectivity index (χ3n) is 2.88. The van der Waals surface area contributed by atoms with Crippen molar-refractivity contribution in [2.24, 2.45) is 0 Å². The van der Waals surface area contributed by atoms with E-state index in [9.17, 15) is 9.59 Å². The number of aromatic nitrogens is 1. The molecule has 0 fully saturated rings. The number of halogens is 1. The maximum absolute atomic E-state index is 12.4. The molecule has 0 unspecified atom stereocenters. The quantitative estimate of drug-likeness (QED) is 0.788. The second-order valence-electron chi connectivity index (χ2n) is 6.22. The maximum atomic E-state index is 12.4. The number of carbonyl (C=O) groups excluding carboxylic acids is 2. The van der Waals surface area contributed by atoms with Gasteiger partial charge in [-0.05, 0) is 51.1 Å². The first-order chi connectivity index (χ1) is 11.2. The summed E-state index contributed by atoms with van der Waals surface area (Å²) in [4.78, 5) is 28.2. The minimum atomic E-state index is -0.382. The summed E-state index contributed by atoms with van der Waals surface area (Å²) in [6, 6.07) is 7.79. The van der Waals surface area contributed by atoms with Crippen LogP contribution in [0.15, 0.2) is 42.7 Å². The lowest BCUT2D eigenvalue weighted by atomic mass is 10.1. The molecule has 3 N–H and O–H groups in total. The molecule has 3 amide bonds. The molecule has 1 aromatic heterocycles. The van der Waals surface area contributed by atoms with E-state index in [1.807, 2.05) is 20.8 Å². The van der Waals surface area contributed by atoms with Crippen molar-refractivity contribution in [2.75, 3.05) is 10.6 Å². The van der Waals surface area contributed by atoms with E-state index in [4.69, 9.17) is 11.6 Å². The smallest absolute Gasteiger partial charge is 0.319 e. The van der Waals surface area contributed by atoms with Crippen molar-refractivity contribution < 1.29 is 9.59 Å². The van der Waals surface area contributed by atoms with Gasteiger partial charge in [-0.1, -0.05) is 11.6 Å². The van der Waals surface area contributed by atoms with Crippen molar-refractivity contribution in [2.45, 2.75) is 26.3 Å². The zero-order chi connectivity index (χ0) is 17.7. The second kappa shape index (κ2) is 7.31. The van der Waals surface area contributed by atoms with Gasteiger partial charge in [-0.2, -0.15) is 0 Å². The summed E-state index contributed by atoms with van der Waals surface area (Å²) in [5.41, 5.74) is 0.922. The average Bonchev–Trinajstić information content (AvgIpc) is 2.48. The van der Waals surface area contributed by atoms with Crippen LogP contribution in [0.3, 0.4) is 0 Å². The molecular formula is C17H19ClN4O2. The lowest BCUT2D eigenvalue weighted by Crippen LogP contribution is -2.43. The first kappa shape index (κ1) is 17.7. The molecule has 0 saturated carbocycles. The predicted octanol–water partition coefficient (Wildman–Crippen LogP) is 3.91. The van der Waals surface area contributed by atoms with Crippen molar-refractivity contribution in [1.82, 2.24) is 10.3 Å². The number of urea groups is 1.